The normalized spacial score (nSPS) is 39.1. The lowest BCUT2D eigenvalue weighted by Gasteiger charge is -2.00. The van der Waals surface area contributed by atoms with Crippen molar-refractivity contribution >= 4 is 0 Å². The van der Waals surface area contributed by atoms with Crippen LogP contribution in [0.1, 0.15) is 39.5 Å². The monoisotopic (exact) mass is 162 g/mol. The molecule has 0 heterocycles. The summed E-state index contributed by atoms with van der Waals surface area (Å²) in [4.78, 5) is 0. The van der Waals surface area contributed by atoms with Gasteiger partial charge in [0.15, 0.2) is 0 Å². The average Bonchev–Trinajstić information content (AvgIpc) is 2.60. The minimum Gasteiger partial charge on any atom is -0.103 e. The van der Waals surface area contributed by atoms with Crippen LogP contribution < -0.4 is 0 Å². The van der Waals surface area contributed by atoms with Crippen LogP contribution in [0.4, 0.5) is 0 Å². The highest BCUT2D eigenvalue weighted by Gasteiger charge is 2.49. The first-order valence-electron chi connectivity index (χ1n) is 5.26. The molecule has 1 unspecified atom stereocenters. The number of hydrogen-bond acceptors (Lipinski definition) is 0. The van der Waals surface area contributed by atoms with E-state index < -0.39 is 0 Å². The highest BCUT2D eigenvalue weighted by atomic mass is 14.5. The molecule has 2 aliphatic carbocycles. The van der Waals surface area contributed by atoms with Crippen molar-refractivity contribution < 1.29 is 0 Å². The molecule has 0 saturated heterocycles. The van der Waals surface area contributed by atoms with Gasteiger partial charge in [-0.3, -0.25) is 0 Å². The summed E-state index contributed by atoms with van der Waals surface area (Å²) in [6.07, 6.45) is 5.07. The molecule has 0 aliphatic heterocycles. The Morgan fingerprint density at radius 3 is 1.92 bits per heavy atom. The molecular formula is C12H18. The molecule has 0 aromatic rings. The van der Waals surface area contributed by atoms with Gasteiger partial charge >= 0.3 is 0 Å². The van der Waals surface area contributed by atoms with Crippen LogP contribution in [0.15, 0.2) is 0 Å². The summed E-state index contributed by atoms with van der Waals surface area (Å²) < 4.78 is 0. The van der Waals surface area contributed by atoms with Crippen LogP contribution >= 0.6 is 0 Å². The molecule has 0 nitrogen and oxygen atoms in total. The minimum absolute atomic E-state index is 0.901. The predicted octanol–water partition coefficient (Wildman–Crippen LogP) is 3.08. The van der Waals surface area contributed by atoms with Gasteiger partial charge < -0.3 is 0 Å². The van der Waals surface area contributed by atoms with Crippen molar-refractivity contribution in [1.29, 1.82) is 0 Å². The third kappa shape index (κ3) is 1.38. The average molecular weight is 162 g/mol. The Labute approximate surface area is 75.7 Å². The summed E-state index contributed by atoms with van der Waals surface area (Å²) in [6.45, 7) is 4.74. The lowest BCUT2D eigenvalue weighted by Crippen LogP contribution is -1.93. The van der Waals surface area contributed by atoms with Gasteiger partial charge in [0, 0.05) is 12.8 Å². The molecule has 3 atom stereocenters. The van der Waals surface area contributed by atoms with Crippen molar-refractivity contribution in [2.75, 3.05) is 0 Å². The Hall–Kier alpha value is -0.440. The Morgan fingerprint density at radius 1 is 1.00 bits per heavy atom. The molecule has 0 spiro atoms. The summed E-state index contributed by atoms with van der Waals surface area (Å²) in [5, 5.41) is 0. The maximum absolute atomic E-state index is 3.25. The zero-order valence-electron chi connectivity index (χ0n) is 8.14. The van der Waals surface area contributed by atoms with Gasteiger partial charge in [-0.25, -0.2) is 0 Å². The lowest BCUT2D eigenvalue weighted by atomic mass is 10.0. The first-order chi connectivity index (χ1) is 5.80. The van der Waals surface area contributed by atoms with Crippen molar-refractivity contribution in [1.82, 2.24) is 0 Å². The second-order valence-corrected chi connectivity index (χ2v) is 4.58. The fourth-order valence-electron chi connectivity index (χ4n) is 2.93. The molecule has 1 fully saturated rings. The highest BCUT2D eigenvalue weighted by Crippen LogP contribution is 2.55. The fraction of sp³-hybridized carbons (Fsp3) is 0.833. The van der Waals surface area contributed by atoms with Gasteiger partial charge in [-0.15, -0.1) is 11.8 Å². The summed E-state index contributed by atoms with van der Waals surface area (Å²) in [6, 6.07) is 0. The second kappa shape index (κ2) is 3.13. The third-order valence-electron chi connectivity index (χ3n) is 3.50. The zero-order valence-corrected chi connectivity index (χ0v) is 8.14. The Balaban J connectivity index is 1.95. The molecule has 2 rings (SSSR count). The van der Waals surface area contributed by atoms with E-state index in [0.29, 0.717) is 0 Å². The molecule has 0 aromatic carbocycles. The van der Waals surface area contributed by atoms with Gasteiger partial charge in [0.2, 0.25) is 0 Å². The first kappa shape index (κ1) is 8.17. The predicted molar refractivity (Wildman–Crippen MR) is 51.6 cm³/mol. The SMILES string of the molecule is CC(C)C1[C@H]2CCC#CCC[C@@H]12. The van der Waals surface area contributed by atoms with Crippen molar-refractivity contribution in [3.8, 4) is 11.8 Å². The van der Waals surface area contributed by atoms with Crippen LogP contribution in [0, 0.1) is 35.5 Å². The van der Waals surface area contributed by atoms with Crippen molar-refractivity contribution in [3.63, 3.8) is 0 Å². The van der Waals surface area contributed by atoms with Gasteiger partial charge in [0.1, 0.15) is 0 Å². The van der Waals surface area contributed by atoms with Gasteiger partial charge in [-0.2, -0.15) is 0 Å². The Bertz CT molecular complexity index is 198. The standard InChI is InChI=1S/C12H18/c1-9(2)12-10-7-5-3-4-6-8-11(10)12/h9-12H,5-8H2,1-2H3/t10-,11+,12?. The van der Waals surface area contributed by atoms with E-state index in [1.807, 2.05) is 0 Å². The smallest absolute Gasteiger partial charge is 0.00915 e. The van der Waals surface area contributed by atoms with Crippen molar-refractivity contribution in [2.24, 2.45) is 23.7 Å². The summed E-state index contributed by atoms with van der Waals surface area (Å²) in [5.74, 6) is 10.5. The minimum atomic E-state index is 0.901. The Kier molecular flexibility index (Phi) is 2.13. The van der Waals surface area contributed by atoms with E-state index in [4.69, 9.17) is 0 Å². The van der Waals surface area contributed by atoms with Gasteiger partial charge in [-0.05, 0) is 36.5 Å². The van der Waals surface area contributed by atoms with Gasteiger partial charge in [-0.1, -0.05) is 13.8 Å². The van der Waals surface area contributed by atoms with E-state index in [-0.39, 0.29) is 0 Å². The molecule has 1 saturated carbocycles. The van der Waals surface area contributed by atoms with Gasteiger partial charge in [0.25, 0.3) is 0 Å². The molecule has 0 N–H and O–H groups in total. The maximum Gasteiger partial charge on any atom is 0.00915 e. The molecule has 0 amide bonds. The molecular weight excluding hydrogens is 144 g/mol. The number of hydrogen-bond donors (Lipinski definition) is 0. The van der Waals surface area contributed by atoms with E-state index >= 15 is 0 Å². The quantitative estimate of drug-likeness (QED) is 0.520. The topological polar surface area (TPSA) is 0 Å². The number of rotatable bonds is 1. The van der Waals surface area contributed by atoms with E-state index in [2.05, 4.69) is 25.7 Å². The van der Waals surface area contributed by atoms with Crippen LogP contribution in [-0.4, -0.2) is 0 Å². The molecule has 0 aromatic heterocycles. The van der Waals surface area contributed by atoms with Crippen molar-refractivity contribution in [3.05, 3.63) is 0 Å². The summed E-state index contributed by atoms with van der Waals surface area (Å²) in [7, 11) is 0. The van der Waals surface area contributed by atoms with E-state index in [1.165, 1.54) is 12.8 Å². The lowest BCUT2D eigenvalue weighted by molar-refractivity contribution is 0.491. The van der Waals surface area contributed by atoms with Crippen LogP contribution in [0.2, 0.25) is 0 Å². The largest absolute Gasteiger partial charge is 0.103 e. The third-order valence-corrected chi connectivity index (χ3v) is 3.50. The van der Waals surface area contributed by atoms with Crippen LogP contribution in [-0.2, 0) is 0 Å². The zero-order chi connectivity index (χ0) is 8.55. The molecule has 12 heavy (non-hydrogen) atoms. The van der Waals surface area contributed by atoms with Crippen LogP contribution in [0.5, 0.6) is 0 Å². The van der Waals surface area contributed by atoms with E-state index in [1.54, 1.807) is 0 Å². The molecule has 66 valence electrons. The Morgan fingerprint density at radius 2 is 1.50 bits per heavy atom. The van der Waals surface area contributed by atoms with Crippen molar-refractivity contribution in [2.45, 2.75) is 39.5 Å². The molecule has 0 heteroatoms. The first-order valence-corrected chi connectivity index (χ1v) is 5.26. The fourth-order valence-corrected chi connectivity index (χ4v) is 2.93. The van der Waals surface area contributed by atoms with Gasteiger partial charge in [0.05, 0.1) is 0 Å². The second-order valence-electron chi connectivity index (χ2n) is 4.58. The van der Waals surface area contributed by atoms with E-state index in [0.717, 1.165) is 36.5 Å². The number of fused-ring (bicyclic) bond motifs is 1. The summed E-state index contributed by atoms with van der Waals surface area (Å²) >= 11 is 0. The molecule has 0 radical (unpaired) electrons. The molecule has 2 aliphatic rings. The van der Waals surface area contributed by atoms with E-state index in [9.17, 15) is 0 Å². The molecule has 0 bridgehead atoms. The van der Waals surface area contributed by atoms with Crippen LogP contribution in [0.3, 0.4) is 0 Å². The van der Waals surface area contributed by atoms with Crippen LogP contribution in [0.25, 0.3) is 0 Å². The highest BCUT2D eigenvalue weighted by molar-refractivity contribution is 5.08. The summed E-state index contributed by atoms with van der Waals surface area (Å²) in [5.41, 5.74) is 0. The maximum atomic E-state index is 3.25.